The predicted octanol–water partition coefficient (Wildman–Crippen LogP) is 6.74. The number of hydrogen-bond acceptors (Lipinski definition) is 3. The number of nitrogens with zero attached hydrogens (tertiary/aromatic N) is 1. The molecule has 0 amide bonds. The van der Waals surface area contributed by atoms with E-state index in [0.717, 1.165) is 53.0 Å². The van der Waals surface area contributed by atoms with Crippen molar-refractivity contribution < 1.29 is 14.3 Å². The minimum absolute atomic E-state index is 0.241. The smallest absolute Gasteiger partial charge is 0.335 e. The molecule has 1 atom stereocenters. The molecule has 0 radical (unpaired) electrons. The maximum Gasteiger partial charge on any atom is 0.335 e. The molecule has 4 aromatic rings. The minimum Gasteiger partial charge on any atom is -0.478 e. The highest BCUT2D eigenvalue weighted by Crippen LogP contribution is 2.40. The molecule has 1 aromatic heterocycles. The van der Waals surface area contributed by atoms with Crippen LogP contribution in [0.25, 0.3) is 28.2 Å². The summed E-state index contributed by atoms with van der Waals surface area (Å²) in [6, 6.07) is 27.3. The minimum atomic E-state index is -0.901. The maximum absolute atomic E-state index is 11.3. The molecule has 1 aliphatic carbocycles. The van der Waals surface area contributed by atoms with Gasteiger partial charge in [0.05, 0.1) is 5.56 Å². The molecule has 5 rings (SSSR count). The average molecular weight is 421 g/mol. The first kappa shape index (κ1) is 20.0. The van der Waals surface area contributed by atoms with E-state index in [4.69, 9.17) is 9.40 Å². The van der Waals surface area contributed by atoms with Gasteiger partial charge in [-0.25, -0.2) is 9.78 Å². The van der Waals surface area contributed by atoms with Crippen LogP contribution in [0.2, 0.25) is 0 Å². The molecular formula is C28H23NO3. The number of hydrogen-bond donors (Lipinski definition) is 1. The van der Waals surface area contributed by atoms with E-state index in [1.54, 1.807) is 12.1 Å². The van der Waals surface area contributed by atoms with Gasteiger partial charge in [-0.3, -0.25) is 0 Å². The van der Waals surface area contributed by atoms with E-state index in [9.17, 15) is 9.90 Å². The Morgan fingerprint density at radius 3 is 2.38 bits per heavy atom. The van der Waals surface area contributed by atoms with Crippen molar-refractivity contribution in [3.8, 4) is 22.6 Å². The zero-order valence-corrected chi connectivity index (χ0v) is 17.6. The first-order valence-electron chi connectivity index (χ1n) is 10.8. The number of benzene rings is 3. The van der Waals surface area contributed by atoms with E-state index in [0.29, 0.717) is 11.5 Å². The average Bonchev–Trinajstić information content (AvgIpc) is 3.47. The summed E-state index contributed by atoms with van der Waals surface area (Å²) in [7, 11) is 0. The Bertz CT molecular complexity index is 1220. The molecule has 0 fully saturated rings. The molecular weight excluding hydrogens is 398 g/mol. The van der Waals surface area contributed by atoms with Crippen LogP contribution in [0.15, 0.2) is 95.4 Å². The van der Waals surface area contributed by atoms with Crippen LogP contribution in [0.3, 0.4) is 0 Å². The predicted molar refractivity (Wildman–Crippen MR) is 125 cm³/mol. The zero-order valence-electron chi connectivity index (χ0n) is 17.6. The van der Waals surface area contributed by atoms with Crippen molar-refractivity contribution >= 4 is 11.5 Å². The third kappa shape index (κ3) is 4.00. The van der Waals surface area contributed by atoms with E-state index in [-0.39, 0.29) is 5.92 Å². The van der Waals surface area contributed by atoms with Gasteiger partial charge < -0.3 is 9.52 Å². The molecule has 4 nitrogen and oxygen atoms in total. The highest BCUT2D eigenvalue weighted by molar-refractivity contribution is 5.87. The van der Waals surface area contributed by atoms with Gasteiger partial charge in [-0.2, -0.15) is 0 Å². The SMILES string of the molecule is O=C(O)c1cccc(C[C@@H]2CCC=C2c2nc(-c3ccccc3)c(-c3ccccc3)o2)c1. The molecule has 1 aliphatic rings. The van der Waals surface area contributed by atoms with E-state index in [1.165, 1.54) is 0 Å². The van der Waals surface area contributed by atoms with Crippen LogP contribution in [0, 0.1) is 5.92 Å². The second-order valence-corrected chi connectivity index (χ2v) is 8.07. The van der Waals surface area contributed by atoms with Crippen LogP contribution in [0.4, 0.5) is 0 Å². The zero-order chi connectivity index (χ0) is 21.9. The van der Waals surface area contributed by atoms with Crippen LogP contribution in [-0.2, 0) is 6.42 Å². The van der Waals surface area contributed by atoms with Crippen molar-refractivity contribution in [3.05, 3.63) is 108 Å². The summed E-state index contributed by atoms with van der Waals surface area (Å²) in [6.45, 7) is 0. The molecule has 3 aromatic carbocycles. The normalized spacial score (nSPS) is 15.5. The fraction of sp³-hybridized carbons (Fsp3) is 0.143. The van der Waals surface area contributed by atoms with Gasteiger partial charge in [0.2, 0.25) is 5.89 Å². The fourth-order valence-electron chi connectivity index (χ4n) is 4.37. The van der Waals surface area contributed by atoms with E-state index < -0.39 is 5.97 Å². The Hall–Kier alpha value is -3.92. The third-order valence-electron chi connectivity index (χ3n) is 5.93. The first-order valence-corrected chi connectivity index (χ1v) is 10.8. The Kier molecular flexibility index (Phi) is 5.42. The molecule has 0 saturated carbocycles. The number of allylic oxidation sites excluding steroid dienone is 2. The van der Waals surface area contributed by atoms with Gasteiger partial charge in [0, 0.05) is 16.7 Å². The summed E-state index contributed by atoms with van der Waals surface area (Å²) in [4.78, 5) is 16.3. The lowest BCUT2D eigenvalue weighted by molar-refractivity contribution is 0.0696. The summed E-state index contributed by atoms with van der Waals surface area (Å²) in [5.74, 6) is 0.762. The summed E-state index contributed by atoms with van der Waals surface area (Å²) < 4.78 is 6.40. The van der Waals surface area contributed by atoms with Crippen LogP contribution < -0.4 is 0 Å². The number of carboxylic acids is 1. The molecule has 1 heterocycles. The fourth-order valence-corrected chi connectivity index (χ4v) is 4.37. The Labute approximate surface area is 186 Å². The number of rotatable bonds is 6. The standard InChI is InChI=1S/C28H23NO3/c30-28(31)23-15-7-9-19(18-23)17-22-14-8-16-24(22)27-29-25(20-10-3-1-4-11-20)26(32-27)21-12-5-2-6-13-21/h1-7,9-13,15-16,18,22H,8,14,17H2,(H,30,31)/t22-/m0/s1. The lowest BCUT2D eigenvalue weighted by atomic mass is 9.92. The van der Waals surface area contributed by atoms with Gasteiger partial charge in [-0.05, 0) is 42.9 Å². The van der Waals surface area contributed by atoms with Gasteiger partial charge in [0.1, 0.15) is 5.69 Å². The highest BCUT2D eigenvalue weighted by Gasteiger charge is 2.27. The van der Waals surface area contributed by atoms with Crippen molar-refractivity contribution in [2.75, 3.05) is 0 Å². The lowest BCUT2D eigenvalue weighted by Gasteiger charge is -2.13. The number of oxazole rings is 1. The summed E-state index contributed by atoms with van der Waals surface area (Å²) in [6.07, 6.45) is 4.93. The van der Waals surface area contributed by atoms with Crippen LogP contribution >= 0.6 is 0 Å². The first-order chi connectivity index (χ1) is 15.7. The molecule has 0 aliphatic heterocycles. The number of aromatic carboxylic acids is 1. The van der Waals surface area contributed by atoms with Crippen molar-refractivity contribution in [2.24, 2.45) is 5.92 Å². The number of carbonyl (C=O) groups is 1. The van der Waals surface area contributed by atoms with E-state index in [2.05, 4.69) is 6.08 Å². The van der Waals surface area contributed by atoms with Gasteiger partial charge in [-0.1, -0.05) is 78.9 Å². The van der Waals surface area contributed by atoms with Gasteiger partial charge in [0.25, 0.3) is 0 Å². The largest absolute Gasteiger partial charge is 0.478 e. The Morgan fingerprint density at radius 1 is 0.938 bits per heavy atom. The van der Waals surface area contributed by atoms with Crippen molar-refractivity contribution in [2.45, 2.75) is 19.3 Å². The Balaban J connectivity index is 1.51. The van der Waals surface area contributed by atoms with E-state index >= 15 is 0 Å². The Morgan fingerprint density at radius 2 is 1.66 bits per heavy atom. The summed E-state index contributed by atoms with van der Waals surface area (Å²) in [5.41, 5.74) is 5.29. The van der Waals surface area contributed by atoms with Crippen molar-refractivity contribution in [3.63, 3.8) is 0 Å². The molecule has 0 saturated heterocycles. The molecule has 158 valence electrons. The van der Waals surface area contributed by atoms with Gasteiger partial charge in [0.15, 0.2) is 5.76 Å². The quantitative estimate of drug-likeness (QED) is 0.374. The maximum atomic E-state index is 11.3. The monoisotopic (exact) mass is 421 g/mol. The van der Waals surface area contributed by atoms with Crippen molar-refractivity contribution in [1.82, 2.24) is 4.98 Å². The molecule has 0 unspecified atom stereocenters. The van der Waals surface area contributed by atoms with E-state index in [1.807, 2.05) is 72.8 Å². The van der Waals surface area contributed by atoms with Crippen LogP contribution in [0.1, 0.15) is 34.7 Å². The lowest BCUT2D eigenvalue weighted by Crippen LogP contribution is -2.05. The number of carboxylic acid groups (broad SMARTS) is 1. The summed E-state index contributed by atoms with van der Waals surface area (Å²) in [5, 5.41) is 9.31. The molecule has 0 bridgehead atoms. The highest BCUT2D eigenvalue weighted by atomic mass is 16.4. The number of aromatic nitrogens is 1. The molecule has 4 heteroatoms. The molecule has 32 heavy (non-hydrogen) atoms. The second-order valence-electron chi connectivity index (χ2n) is 8.07. The van der Waals surface area contributed by atoms with Crippen molar-refractivity contribution in [1.29, 1.82) is 0 Å². The molecule has 0 spiro atoms. The van der Waals surface area contributed by atoms with Gasteiger partial charge >= 0.3 is 5.97 Å². The molecule has 1 N–H and O–H groups in total. The topological polar surface area (TPSA) is 63.3 Å². The van der Waals surface area contributed by atoms with Gasteiger partial charge in [-0.15, -0.1) is 0 Å². The van der Waals surface area contributed by atoms with Crippen LogP contribution in [0.5, 0.6) is 0 Å². The second kappa shape index (κ2) is 8.67. The third-order valence-corrected chi connectivity index (χ3v) is 5.93. The van der Waals surface area contributed by atoms with Crippen LogP contribution in [-0.4, -0.2) is 16.1 Å². The summed E-state index contributed by atoms with van der Waals surface area (Å²) >= 11 is 0.